The van der Waals surface area contributed by atoms with Crippen LogP contribution in [0, 0.1) is 16.7 Å². The molecule has 1 saturated heterocycles. The van der Waals surface area contributed by atoms with Gasteiger partial charge in [-0.25, -0.2) is 13.2 Å². The van der Waals surface area contributed by atoms with Gasteiger partial charge in [0.25, 0.3) is 0 Å². The lowest BCUT2D eigenvalue weighted by Crippen LogP contribution is -2.52. The summed E-state index contributed by atoms with van der Waals surface area (Å²) >= 11 is 0. The number of hydrogen-bond acceptors (Lipinski definition) is 9. The van der Waals surface area contributed by atoms with Gasteiger partial charge in [0.2, 0.25) is 10.0 Å². The summed E-state index contributed by atoms with van der Waals surface area (Å²) in [5.41, 5.74) is 0.261. The van der Waals surface area contributed by atoms with Gasteiger partial charge in [0.05, 0.1) is 43.4 Å². The van der Waals surface area contributed by atoms with E-state index in [0.717, 1.165) is 5.56 Å². The number of amides is 1. The summed E-state index contributed by atoms with van der Waals surface area (Å²) < 4.78 is 49.8. The second-order valence-electron chi connectivity index (χ2n) is 10.7. The number of carbonyl (C=O) groups excluding carboxylic acids is 1. The van der Waals surface area contributed by atoms with Crippen molar-refractivity contribution in [2.24, 2.45) is 5.41 Å². The van der Waals surface area contributed by atoms with Gasteiger partial charge in [-0.15, -0.1) is 0 Å². The van der Waals surface area contributed by atoms with E-state index in [4.69, 9.17) is 24.2 Å². The number of aliphatic hydroxyl groups excluding tert-OH is 1. The molecule has 2 aromatic rings. The Morgan fingerprint density at radius 1 is 1.17 bits per heavy atom. The standard InChI is InChI=1S/C29H39N3O8S/c1-29(2,14-7-15-30)20-32(41(35,36)25-12-10-23(37-3)11-13-25)17-27(33)26(16-22-8-5-4-6-9-22)31-28(34)40-24-18-38-21-39-19-24/h4-6,8-13,24,26-27,33H,7,14,16-21H2,1-3H3,(H,31,34). The van der Waals surface area contributed by atoms with Gasteiger partial charge >= 0.3 is 6.09 Å². The van der Waals surface area contributed by atoms with Crippen LogP contribution >= 0.6 is 0 Å². The highest BCUT2D eigenvalue weighted by Crippen LogP contribution is 2.28. The van der Waals surface area contributed by atoms with Gasteiger partial charge in [0, 0.05) is 19.5 Å². The number of benzene rings is 2. The lowest BCUT2D eigenvalue weighted by Gasteiger charge is -2.35. The first-order valence-electron chi connectivity index (χ1n) is 13.4. The minimum absolute atomic E-state index is 0.0332. The third-order valence-corrected chi connectivity index (χ3v) is 8.55. The molecule has 0 bridgehead atoms. The Balaban J connectivity index is 1.87. The second kappa shape index (κ2) is 15.1. The highest BCUT2D eigenvalue weighted by atomic mass is 32.2. The van der Waals surface area contributed by atoms with Gasteiger partial charge in [0.1, 0.15) is 12.5 Å². The van der Waals surface area contributed by atoms with Crippen molar-refractivity contribution in [1.29, 1.82) is 5.26 Å². The number of methoxy groups -OCH3 is 1. The molecule has 12 heteroatoms. The molecule has 0 aromatic heterocycles. The summed E-state index contributed by atoms with van der Waals surface area (Å²) in [7, 11) is -2.59. The normalized spacial score (nSPS) is 16.0. The number of carbonyl (C=O) groups is 1. The summed E-state index contributed by atoms with van der Waals surface area (Å²) in [6.07, 6.45) is -1.75. The Kier molecular flexibility index (Phi) is 11.9. The van der Waals surface area contributed by atoms with Crippen molar-refractivity contribution in [1.82, 2.24) is 9.62 Å². The molecule has 0 radical (unpaired) electrons. The first-order valence-corrected chi connectivity index (χ1v) is 14.8. The third kappa shape index (κ3) is 9.98. The largest absolute Gasteiger partial charge is 0.497 e. The molecule has 1 heterocycles. The van der Waals surface area contributed by atoms with Gasteiger partial charge < -0.3 is 29.4 Å². The minimum atomic E-state index is -4.08. The predicted octanol–water partition coefficient (Wildman–Crippen LogP) is 3.09. The first-order chi connectivity index (χ1) is 19.5. The molecule has 2 N–H and O–H groups in total. The summed E-state index contributed by atoms with van der Waals surface area (Å²) in [5, 5.41) is 23.3. The molecule has 0 spiro atoms. The van der Waals surface area contributed by atoms with Crippen LogP contribution in [0.4, 0.5) is 4.79 Å². The zero-order valence-corrected chi connectivity index (χ0v) is 24.5. The fourth-order valence-corrected chi connectivity index (χ4v) is 6.10. The maximum absolute atomic E-state index is 13.9. The number of nitriles is 1. The monoisotopic (exact) mass is 589 g/mol. The van der Waals surface area contributed by atoms with Crippen molar-refractivity contribution in [3.05, 3.63) is 60.2 Å². The number of nitrogens with zero attached hydrogens (tertiary/aromatic N) is 2. The van der Waals surface area contributed by atoms with Crippen molar-refractivity contribution in [3.63, 3.8) is 0 Å². The molecule has 1 aliphatic rings. The zero-order valence-electron chi connectivity index (χ0n) is 23.7. The van der Waals surface area contributed by atoms with Crippen molar-refractivity contribution >= 4 is 16.1 Å². The lowest BCUT2D eigenvalue weighted by molar-refractivity contribution is -0.151. The van der Waals surface area contributed by atoms with Crippen LogP contribution in [0.1, 0.15) is 32.3 Å². The molecule has 0 saturated carbocycles. The minimum Gasteiger partial charge on any atom is -0.497 e. The molecule has 41 heavy (non-hydrogen) atoms. The Bertz CT molecular complexity index is 1240. The van der Waals surface area contributed by atoms with Gasteiger partial charge in [-0.05, 0) is 48.1 Å². The number of aliphatic hydroxyl groups is 1. The molecular weight excluding hydrogens is 550 g/mol. The van der Waals surface area contributed by atoms with Crippen LogP contribution in [0.2, 0.25) is 0 Å². The van der Waals surface area contributed by atoms with Gasteiger partial charge in [-0.1, -0.05) is 44.2 Å². The maximum atomic E-state index is 13.9. The van der Waals surface area contributed by atoms with Gasteiger partial charge in [-0.2, -0.15) is 9.57 Å². The number of sulfonamides is 1. The van der Waals surface area contributed by atoms with Crippen LogP contribution in [0.5, 0.6) is 5.75 Å². The van der Waals surface area contributed by atoms with Crippen LogP contribution in [0.25, 0.3) is 0 Å². The molecule has 1 amide bonds. The molecule has 3 rings (SSSR count). The van der Waals surface area contributed by atoms with E-state index < -0.39 is 39.8 Å². The zero-order chi connectivity index (χ0) is 29.9. The Morgan fingerprint density at radius 3 is 2.44 bits per heavy atom. The van der Waals surface area contributed by atoms with Crippen LogP contribution in [0.3, 0.4) is 0 Å². The average Bonchev–Trinajstić information content (AvgIpc) is 2.96. The highest BCUT2D eigenvalue weighted by molar-refractivity contribution is 7.89. The summed E-state index contributed by atoms with van der Waals surface area (Å²) in [4.78, 5) is 12.8. The van der Waals surface area contributed by atoms with Gasteiger partial charge in [0.15, 0.2) is 6.10 Å². The molecule has 224 valence electrons. The van der Waals surface area contributed by atoms with Crippen molar-refractivity contribution in [2.45, 2.75) is 56.3 Å². The SMILES string of the molecule is COc1ccc(S(=O)(=O)N(CC(O)C(Cc2ccccc2)NC(=O)OC2COCOC2)CC(C)(C)CCC#N)cc1. The fraction of sp³-hybridized carbons (Fsp3) is 0.517. The van der Waals surface area contributed by atoms with E-state index >= 15 is 0 Å². The van der Waals surface area contributed by atoms with Crippen LogP contribution in [-0.4, -0.2) is 82.4 Å². The fourth-order valence-electron chi connectivity index (χ4n) is 4.45. The van der Waals surface area contributed by atoms with Crippen molar-refractivity contribution in [2.75, 3.05) is 40.2 Å². The smallest absolute Gasteiger partial charge is 0.407 e. The van der Waals surface area contributed by atoms with E-state index in [0.29, 0.717) is 12.2 Å². The quantitative estimate of drug-likeness (QED) is 0.339. The highest BCUT2D eigenvalue weighted by Gasteiger charge is 2.35. The molecule has 0 aliphatic carbocycles. The molecule has 2 unspecified atom stereocenters. The second-order valence-corrected chi connectivity index (χ2v) is 12.6. The Labute approximate surface area is 242 Å². The number of hydrogen-bond donors (Lipinski definition) is 2. The van der Waals surface area contributed by atoms with E-state index in [2.05, 4.69) is 11.4 Å². The first kappa shape index (κ1) is 32.3. The molecule has 2 atom stereocenters. The van der Waals surface area contributed by atoms with Crippen molar-refractivity contribution < 1.29 is 37.3 Å². The van der Waals surface area contributed by atoms with E-state index in [-0.39, 0.29) is 50.8 Å². The van der Waals surface area contributed by atoms with Gasteiger partial charge in [-0.3, -0.25) is 0 Å². The lowest BCUT2D eigenvalue weighted by atomic mass is 9.88. The number of nitrogens with one attached hydrogen (secondary N) is 1. The van der Waals surface area contributed by atoms with Crippen LogP contribution < -0.4 is 10.1 Å². The topological polar surface area (TPSA) is 147 Å². The Morgan fingerprint density at radius 2 is 1.83 bits per heavy atom. The summed E-state index contributed by atoms with van der Waals surface area (Å²) in [6, 6.07) is 16.5. The molecule has 1 fully saturated rings. The predicted molar refractivity (Wildman–Crippen MR) is 150 cm³/mol. The maximum Gasteiger partial charge on any atom is 0.407 e. The summed E-state index contributed by atoms with van der Waals surface area (Å²) in [6.45, 7) is 3.98. The van der Waals surface area contributed by atoms with E-state index in [1.165, 1.54) is 23.5 Å². The number of alkyl carbamates (subject to hydrolysis) is 1. The van der Waals surface area contributed by atoms with E-state index in [1.54, 1.807) is 12.1 Å². The van der Waals surface area contributed by atoms with E-state index in [1.807, 2.05) is 44.2 Å². The molecular formula is C29H39N3O8S. The molecule has 2 aromatic carbocycles. The average molecular weight is 590 g/mol. The number of rotatable bonds is 14. The van der Waals surface area contributed by atoms with Crippen molar-refractivity contribution in [3.8, 4) is 11.8 Å². The van der Waals surface area contributed by atoms with Crippen LogP contribution in [-0.2, 0) is 30.7 Å². The number of ether oxygens (including phenoxy) is 4. The molecule has 1 aliphatic heterocycles. The Hall–Kier alpha value is -3.21. The summed E-state index contributed by atoms with van der Waals surface area (Å²) in [5.74, 6) is 0.504. The third-order valence-electron chi connectivity index (χ3n) is 6.72. The van der Waals surface area contributed by atoms with E-state index in [9.17, 15) is 18.3 Å². The molecule has 11 nitrogen and oxygen atoms in total. The van der Waals surface area contributed by atoms with Crippen LogP contribution in [0.15, 0.2) is 59.5 Å².